The van der Waals surface area contributed by atoms with Crippen molar-refractivity contribution in [2.24, 2.45) is 0 Å². The van der Waals surface area contributed by atoms with Crippen LogP contribution in [-0.2, 0) is 23.2 Å². The molecule has 0 unspecified atom stereocenters. The molecule has 1 aromatic carbocycles. The van der Waals surface area contributed by atoms with Crippen molar-refractivity contribution in [3.05, 3.63) is 64.6 Å². The Morgan fingerprint density at radius 1 is 1.20 bits per heavy atom. The molecule has 0 saturated carbocycles. The van der Waals surface area contributed by atoms with Gasteiger partial charge in [0.05, 0.1) is 16.4 Å². The number of benzene rings is 1. The number of aryl methyl sites for hydroxylation is 1. The zero-order chi connectivity index (χ0) is 21.3. The largest absolute Gasteiger partial charge is 0.352 e. The number of halogens is 1. The van der Waals surface area contributed by atoms with E-state index in [1.54, 1.807) is 6.20 Å². The van der Waals surface area contributed by atoms with Crippen LogP contribution in [0.1, 0.15) is 44.0 Å². The van der Waals surface area contributed by atoms with Crippen LogP contribution in [0.2, 0.25) is 5.02 Å². The second kappa shape index (κ2) is 8.03. The second-order valence-corrected chi connectivity index (χ2v) is 8.62. The fraction of sp³-hybridized carbons (Fsp3) is 0.304. The highest BCUT2D eigenvalue weighted by Gasteiger charge is 2.31. The van der Waals surface area contributed by atoms with Crippen LogP contribution in [0.25, 0.3) is 11.3 Å². The standard InChI is InChI=1S/C23H24ClN5O/c1-14(30)26-12-15-4-5-21(18(24)10-15)29-22-25-9-7-19(28-22)16-11-17-20(27-13-16)6-8-23(17,2)3/h4-5,7,9-11,13H,6,8,12H2,1-3H3,(H,26,30)(H,25,28,29). The summed E-state index contributed by atoms with van der Waals surface area (Å²) in [5.74, 6) is 0.381. The fourth-order valence-electron chi connectivity index (χ4n) is 3.68. The Bertz CT molecular complexity index is 1110. The number of aromatic nitrogens is 3. The van der Waals surface area contributed by atoms with Crippen LogP contribution < -0.4 is 10.6 Å². The van der Waals surface area contributed by atoms with Gasteiger partial charge in [-0.2, -0.15) is 0 Å². The lowest BCUT2D eigenvalue weighted by molar-refractivity contribution is -0.119. The second-order valence-electron chi connectivity index (χ2n) is 8.22. The number of anilines is 2. The molecule has 4 rings (SSSR count). The summed E-state index contributed by atoms with van der Waals surface area (Å²) in [4.78, 5) is 24.7. The van der Waals surface area contributed by atoms with E-state index in [9.17, 15) is 4.79 Å². The van der Waals surface area contributed by atoms with Crippen LogP contribution >= 0.6 is 11.6 Å². The van der Waals surface area contributed by atoms with Gasteiger partial charge in [-0.05, 0) is 53.6 Å². The van der Waals surface area contributed by atoms with E-state index < -0.39 is 0 Å². The van der Waals surface area contributed by atoms with Gasteiger partial charge in [0.15, 0.2) is 0 Å². The molecule has 7 heteroatoms. The van der Waals surface area contributed by atoms with Crippen molar-refractivity contribution in [1.82, 2.24) is 20.3 Å². The van der Waals surface area contributed by atoms with Gasteiger partial charge in [0, 0.05) is 37.1 Å². The molecule has 0 spiro atoms. The van der Waals surface area contributed by atoms with E-state index in [-0.39, 0.29) is 11.3 Å². The third-order valence-electron chi connectivity index (χ3n) is 5.46. The zero-order valence-corrected chi connectivity index (χ0v) is 18.0. The highest BCUT2D eigenvalue weighted by atomic mass is 35.5. The molecule has 2 heterocycles. The lowest BCUT2D eigenvalue weighted by atomic mass is 9.86. The van der Waals surface area contributed by atoms with Gasteiger partial charge in [-0.15, -0.1) is 0 Å². The molecular weight excluding hydrogens is 398 g/mol. The predicted octanol–water partition coefficient (Wildman–Crippen LogP) is 4.80. The van der Waals surface area contributed by atoms with Crippen LogP contribution in [0, 0.1) is 0 Å². The third-order valence-corrected chi connectivity index (χ3v) is 5.77. The van der Waals surface area contributed by atoms with E-state index in [0.717, 1.165) is 29.7 Å². The first-order valence-electron chi connectivity index (χ1n) is 9.94. The smallest absolute Gasteiger partial charge is 0.227 e. The average Bonchev–Trinajstić information content (AvgIpc) is 3.03. The van der Waals surface area contributed by atoms with E-state index in [1.165, 1.54) is 18.2 Å². The number of pyridine rings is 1. The van der Waals surface area contributed by atoms with Crippen molar-refractivity contribution >= 4 is 29.1 Å². The summed E-state index contributed by atoms with van der Waals surface area (Å²) < 4.78 is 0. The summed E-state index contributed by atoms with van der Waals surface area (Å²) in [5.41, 5.74) is 6.03. The van der Waals surface area contributed by atoms with Crippen molar-refractivity contribution in [2.75, 3.05) is 5.32 Å². The number of amides is 1. The SMILES string of the molecule is CC(=O)NCc1ccc(Nc2nccc(-c3cnc4c(c3)C(C)(C)CC4)n2)c(Cl)c1. The van der Waals surface area contributed by atoms with Crippen LogP contribution in [0.5, 0.6) is 0 Å². The minimum Gasteiger partial charge on any atom is -0.352 e. The van der Waals surface area contributed by atoms with Crippen LogP contribution in [0.15, 0.2) is 42.7 Å². The Morgan fingerprint density at radius 3 is 2.80 bits per heavy atom. The first-order chi connectivity index (χ1) is 14.3. The summed E-state index contributed by atoms with van der Waals surface area (Å²) in [5, 5.41) is 6.47. The maximum atomic E-state index is 11.1. The molecule has 3 aromatic rings. The summed E-state index contributed by atoms with van der Waals surface area (Å²) in [7, 11) is 0. The van der Waals surface area contributed by atoms with Gasteiger partial charge in [0.1, 0.15) is 0 Å². The first kappa shape index (κ1) is 20.3. The topological polar surface area (TPSA) is 79.8 Å². The number of nitrogens with one attached hydrogen (secondary N) is 2. The quantitative estimate of drug-likeness (QED) is 0.618. The minimum atomic E-state index is -0.0806. The molecule has 0 fully saturated rings. The third kappa shape index (κ3) is 4.28. The molecule has 1 amide bonds. The van der Waals surface area contributed by atoms with Crippen molar-refractivity contribution in [2.45, 2.75) is 45.6 Å². The van der Waals surface area contributed by atoms with Gasteiger partial charge in [-0.25, -0.2) is 9.97 Å². The predicted molar refractivity (Wildman–Crippen MR) is 119 cm³/mol. The van der Waals surface area contributed by atoms with Gasteiger partial charge in [0.2, 0.25) is 11.9 Å². The monoisotopic (exact) mass is 421 g/mol. The number of fused-ring (bicyclic) bond motifs is 1. The number of rotatable bonds is 5. The zero-order valence-electron chi connectivity index (χ0n) is 17.3. The van der Waals surface area contributed by atoms with Gasteiger partial charge >= 0.3 is 0 Å². The van der Waals surface area contributed by atoms with Gasteiger partial charge < -0.3 is 10.6 Å². The molecule has 1 aliphatic rings. The molecule has 0 radical (unpaired) electrons. The number of carbonyl (C=O) groups is 1. The summed E-state index contributed by atoms with van der Waals surface area (Å²) in [6.07, 6.45) is 5.75. The number of carbonyl (C=O) groups excluding carboxylic acids is 1. The maximum Gasteiger partial charge on any atom is 0.227 e. The molecule has 2 N–H and O–H groups in total. The van der Waals surface area contributed by atoms with Gasteiger partial charge in [0.25, 0.3) is 0 Å². The molecule has 30 heavy (non-hydrogen) atoms. The molecule has 2 aromatic heterocycles. The van der Waals surface area contributed by atoms with Crippen LogP contribution in [-0.4, -0.2) is 20.9 Å². The summed E-state index contributed by atoms with van der Waals surface area (Å²) >= 11 is 6.41. The Morgan fingerprint density at radius 2 is 2.03 bits per heavy atom. The molecule has 154 valence electrons. The fourth-order valence-corrected chi connectivity index (χ4v) is 3.93. The Labute approximate surface area is 181 Å². The lowest BCUT2D eigenvalue weighted by Gasteiger charge is -2.19. The Hall–Kier alpha value is -2.99. The average molecular weight is 422 g/mol. The normalized spacial score (nSPS) is 14.3. The maximum absolute atomic E-state index is 11.1. The van der Waals surface area contributed by atoms with Gasteiger partial charge in [-0.1, -0.05) is 31.5 Å². The van der Waals surface area contributed by atoms with E-state index >= 15 is 0 Å². The van der Waals surface area contributed by atoms with Gasteiger partial charge in [-0.3, -0.25) is 9.78 Å². The lowest BCUT2D eigenvalue weighted by Crippen LogP contribution is -2.18. The van der Waals surface area contributed by atoms with Crippen molar-refractivity contribution in [3.8, 4) is 11.3 Å². The highest BCUT2D eigenvalue weighted by molar-refractivity contribution is 6.33. The van der Waals surface area contributed by atoms with Crippen molar-refractivity contribution in [3.63, 3.8) is 0 Å². The van der Waals surface area contributed by atoms with Crippen molar-refractivity contribution in [1.29, 1.82) is 0 Å². The van der Waals surface area contributed by atoms with E-state index in [0.29, 0.717) is 23.2 Å². The summed E-state index contributed by atoms with van der Waals surface area (Å²) in [6.45, 7) is 6.44. The molecule has 6 nitrogen and oxygen atoms in total. The molecule has 0 saturated heterocycles. The number of hydrogen-bond acceptors (Lipinski definition) is 5. The van der Waals surface area contributed by atoms with Crippen LogP contribution in [0.4, 0.5) is 11.6 Å². The molecule has 0 aliphatic heterocycles. The Kier molecular flexibility index (Phi) is 5.43. The summed E-state index contributed by atoms with van der Waals surface area (Å²) in [6, 6.07) is 9.66. The van der Waals surface area contributed by atoms with E-state index in [4.69, 9.17) is 11.6 Å². The van der Waals surface area contributed by atoms with E-state index in [1.807, 2.05) is 30.5 Å². The molecular formula is C23H24ClN5O. The minimum absolute atomic E-state index is 0.0806. The van der Waals surface area contributed by atoms with Crippen molar-refractivity contribution < 1.29 is 4.79 Å². The molecule has 0 bridgehead atoms. The van der Waals surface area contributed by atoms with Crippen LogP contribution in [0.3, 0.4) is 0 Å². The Balaban J connectivity index is 1.56. The van der Waals surface area contributed by atoms with E-state index in [2.05, 4.69) is 45.5 Å². The highest BCUT2D eigenvalue weighted by Crippen LogP contribution is 2.38. The number of hydrogen-bond donors (Lipinski definition) is 2. The number of nitrogens with zero attached hydrogens (tertiary/aromatic N) is 3. The molecule has 0 atom stereocenters. The first-order valence-corrected chi connectivity index (χ1v) is 10.3. The molecule has 1 aliphatic carbocycles.